The fourth-order valence-corrected chi connectivity index (χ4v) is 2.73. The van der Waals surface area contributed by atoms with E-state index in [1.54, 1.807) is 22.9 Å². The number of furan rings is 1. The maximum Gasteiger partial charge on any atom is 0.416 e. The average molecular weight is 382 g/mol. The Morgan fingerprint density at radius 2 is 2.08 bits per heavy atom. The summed E-state index contributed by atoms with van der Waals surface area (Å²) in [5, 5.41) is 6.88. The molecule has 2 heterocycles. The molecule has 1 aromatic carbocycles. The molecule has 0 aliphatic heterocycles. The first-order valence-corrected chi connectivity index (χ1v) is 8.46. The predicted octanol–water partition coefficient (Wildman–Crippen LogP) is 4.92. The van der Waals surface area contributed by atoms with Crippen LogP contribution in [0.2, 0.25) is 0 Å². The molecular formula is C17H17F3N4OS. The van der Waals surface area contributed by atoms with E-state index in [2.05, 4.69) is 15.6 Å². The quantitative estimate of drug-likeness (QED) is 0.595. The van der Waals surface area contributed by atoms with Crippen molar-refractivity contribution < 1.29 is 17.6 Å². The molecule has 2 N–H and O–H groups in total. The largest absolute Gasteiger partial charge is 0.459 e. The van der Waals surface area contributed by atoms with E-state index in [1.807, 2.05) is 6.92 Å². The maximum atomic E-state index is 12.8. The summed E-state index contributed by atoms with van der Waals surface area (Å²) in [5.74, 6) is 1.72. The predicted molar refractivity (Wildman–Crippen MR) is 93.6 cm³/mol. The number of nitrogens with one attached hydrogen (secondary N) is 2. The molecule has 2 aromatic heterocycles. The summed E-state index contributed by atoms with van der Waals surface area (Å²) in [4.78, 5) is 0. The highest BCUT2D eigenvalue weighted by atomic mass is 32.1. The van der Waals surface area contributed by atoms with Crippen LogP contribution >= 0.6 is 12.2 Å². The first-order valence-electron chi connectivity index (χ1n) is 8.05. The first-order chi connectivity index (χ1) is 12.4. The van der Waals surface area contributed by atoms with Gasteiger partial charge in [-0.05, 0) is 42.9 Å². The molecule has 3 aromatic rings. The number of H-pyrrole nitrogens is 1. The molecular weight excluding hydrogens is 365 g/mol. The fraction of sp³-hybridized carbons (Fsp3) is 0.294. The van der Waals surface area contributed by atoms with Crippen LogP contribution in [-0.2, 0) is 19.1 Å². The highest BCUT2D eigenvalue weighted by Gasteiger charge is 2.30. The zero-order valence-electron chi connectivity index (χ0n) is 13.9. The Morgan fingerprint density at radius 3 is 2.81 bits per heavy atom. The summed E-state index contributed by atoms with van der Waals surface area (Å²) >= 11 is 5.18. The second-order valence-corrected chi connectivity index (χ2v) is 6.10. The third-order valence-corrected chi connectivity index (χ3v) is 4.04. The number of benzene rings is 1. The molecule has 0 saturated carbocycles. The summed E-state index contributed by atoms with van der Waals surface area (Å²) in [6.45, 7) is 2.36. The van der Waals surface area contributed by atoms with E-state index in [0.29, 0.717) is 28.4 Å². The number of halogens is 3. The van der Waals surface area contributed by atoms with Gasteiger partial charge in [0, 0.05) is 12.0 Å². The summed E-state index contributed by atoms with van der Waals surface area (Å²) in [5.41, 5.74) is 2.77. The lowest BCUT2D eigenvalue weighted by Crippen LogP contribution is -2.17. The summed E-state index contributed by atoms with van der Waals surface area (Å²) in [7, 11) is 0. The van der Waals surface area contributed by atoms with Gasteiger partial charge in [0.1, 0.15) is 11.5 Å². The number of hydrogen-bond donors (Lipinski definition) is 2. The number of aryl methyl sites for hydroxylation is 1. The third-order valence-electron chi connectivity index (χ3n) is 3.76. The molecule has 0 fully saturated rings. The van der Waals surface area contributed by atoms with E-state index >= 15 is 0 Å². The minimum Gasteiger partial charge on any atom is -0.459 e. The van der Waals surface area contributed by atoms with Gasteiger partial charge < -0.3 is 9.84 Å². The van der Waals surface area contributed by atoms with Crippen LogP contribution in [0.15, 0.2) is 40.8 Å². The first kappa shape index (κ1) is 18.2. The molecule has 0 bridgehead atoms. The summed E-state index contributed by atoms with van der Waals surface area (Å²) < 4.78 is 46.3. The highest BCUT2D eigenvalue weighted by Crippen LogP contribution is 2.32. The van der Waals surface area contributed by atoms with E-state index in [1.165, 1.54) is 6.07 Å². The third kappa shape index (κ3) is 3.98. The van der Waals surface area contributed by atoms with Crippen LogP contribution in [0.3, 0.4) is 0 Å². The molecule has 3 rings (SSSR count). The minimum absolute atomic E-state index is 0.323. The van der Waals surface area contributed by atoms with Gasteiger partial charge in [0.25, 0.3) is 0 Å². The van der Waals surface area contributed by atoms with E-state index < -0.39 is 11.7 Å². The highest BCUT2D eigenvalue weighted by molar-refractivity contribution is 7.71. The molecule has 0 aliphatic carbocycles. The molecule has 9 heteroatoms. The van der Waals surface area contributed by atoms with Gasteiger partial charge in [-0.1, -0.05) is 19.1 Å². The molecule has 0 saturated heterocycles. The summed E-state index contributed by atoms with van der Waals surface area (Å²) in [6, 6.07) is 8.41. The van der Waals surface area contributed by atoms with E-state index in [9.17, 15) is 13.2 Å². The standard InChI is InChI=1S/C17H17F3N4OS/c1-2-4-15-22-23-16(26)24(15)21-10-13-7-8-14(25-13)11-5-3-6-12(9-11)17(18,19)20/h3,5-9,21H,2,4,10H2,1H3,(H,23,26). The van der Waals surface area contributed by atoms with Crippen LogP contribution in [0.4, 0.5) is 13.2 Å². The molecule has 5 nitrogen and oxygen atoms in total. The Kier molecular flexibility index (Phi) is 5.17. The van der Waals surface area contributed by atoms with Crippen molar-refractivity contribution in [1.29, 1.82) is 0 Å². The number of rotatable bonds is 6. The Morgan fingerprint density at radius 1 is 1.27 bits per heavy atom. The number of hydrogen-bond acceptors (Lipinski definition) is 4. The van der Waals surface area contributed by atoms with Gasteiger partial charge in [-0.15, -0.1) is 0 Å². The minimum atomic E-state index is -4.39. The lowest BCUT2D eigenvalue weighted by Gasteiger charge is -2.08. The molecule has 0 spiro atoms. The second-order valence-electron chi connectivity index (χ2n) is 5.71. The van der Waals surface area contributed by atoms with Gasteiger partial charge >= 0.3 is 6.18 Å². The maximum absolute atomic E-state index is 12.8. The zero-order valence-corrected chi connectivity index (χ0v) is 14.7. The van der Waals surface area contributed by atoms with Crippen LogP contribution in [0.5, 0.6) is 0 Å². The Labute approximate surface area is 152 Å². The lowest BCUT2D eigenvalue weighted by atomic mass is 10.1. The summed E-state index contributed by atoms with van der Waals surface area (Å²) in [6.07, 6.45) is -2.71. The Hall–Kier alpha value is -2.55. The van der Waals surface area contributed by atoms with Gasteiger partial charge in [-0.3, -0.25) is 5.10 Å². The smallest absolute Gasteiger partial charge is 0.416 e. The zero-order chi connectivity index (χ0) is 18.7. The van der Waals surface area contributed by atoms with E-state index in [-0.39, 0.29) is 0 Å². The normalized spacial score (nSPS) is 11.7. The molecule has 0 radical (unpaired) electrons. The van der Waals surface area contributed by atoms with Crippen molar-refractivity contribution in [3.63, 3.8) is 0 Å². The lowest BCUT2D eigenvalue weighted by molar-refractivity contribution is -0.137. The van der Waals surface area contributed by atoms with Crippen LogP contribution in [0.1, 0.15) is 30.5 Å². The van der Waals surface area contributed by atoms with Gasteiger partial charge in [0.2, 0.25) is 4.77 Å². The van der Waals surface area contributed by atoms with Gasteiger partial charge in [-0.25, -0.2) is 4.68 Å². The van der Waals surface area contributed by atoms with E-state index in [4.69, 9.17) is 16.6 Å². The number of aromatic nitrogens is 3. The second kappa shape index (κ2) is 7.36. The monoisotopic (exact) mass is 382 g/mol. The van der Waals surface area contributed by atoms with Crippen molar-refractivity contribution in [2.75, 3.05) is 5.43 Å². The molecule has 138 valence electrons. The molecule has 0 amide bonds. The molecule has 26 heavy (non-hydrogen) atoms. The van der Waals surface area contributed by atoms with Gasteiger partial charge in [0.05, 0.1) is 12.1 Å². The Bertz CT molecular complexity index is 942. The van der Waals surface area contributed by atoms with Crippen molar-refractivity contribution in [3.05, 3.63) is 58.3 Å². The van der Waals surface area contributed by atoms with Crippen LogP contribution < -0.4 is 5.43 Å². The van der Waals surface area contributed by atoms with Crippen molar-refractivity contribution >= 4 is 12.2 Å². The fourth-order valence-electron chi connectivity index (χ4n) is 2.52. The van der Waals surface area contributed by atoms with Crippen molar-refractivity contribution in [2.24, 2.45) is 0 Å². The van der Waals surface area contributed by atoms with Crippen molar-refractivity contribution in [1.82, 2.24) is 14.9 Å². The molecule has 0 unspecified atom stereocenters. The van der Waals surface area contributed by atoms with Crippen molar-refractivity contribution in [3.8, 4) is 11.3 Å². The average Bonchev–Trinajstić information content (AvgIpc) is 3.20. The van der Waals surface area contributed by atoms with Gasteiger partial charge in [0.15, 0.2) is 5.82 Å². The SMILES string of the molecule is CCCc1n[nH]c(=S)n1NCc1ccc(-c2cccc(C(F)(F)F)c2)o1. The van der Waals surface area contributed by atoms with E-state index in [0.717, 1.165) is 30.8 Å². The molecule has 0 aliphatic rings. The number of nitrogens with zero attached hydrogens (tertiary/aromatic N) is 2. The molecule has 0 atom stereocenters. The Balaban J connectivity index is 1.75. The number of aromatic amines is 1. The topological polar surface area (TPSA) is 58.8 Å². The van der Waals surface area contributed by atoms with Crippen molar-refractivity contribution in [2.45, 2.75) is 32.5 Å². The number of alkyl halides is 3. The van der Waals surface area contributed by atoms with Gasteiger partial charge in [-0.2, -0.15) is 18.3 Å². The van der Waals surface area contributed by atoms with Crippen LogP contribution in [-0.4, -0.2) is 14.9 Å². The van der Waals surface area contributed by atoms with Crippen LogP contribution in [0, 0.1) is 4.77 Å². The van der Waals surface area contributed by atoms with Crippen LogP contribution in [0.25, 0.3) is 11.3 Å².